The lowest BCUT2D eigenvalue weighted by Gasteiger charge is -2.27. The van der Waals surface area contributed by atoms with Crippen molar-refractivity contribution in [2.24, 2.45) is 5.92 Å². The molecular weight excluding hydrogens is 374 g/mol. The summed E-state index contributed by atoms with van der Waals surface area (Å²) in [6.45, 7) is 3.25. The summed E-state index contributed by atoms with van der Waals surface area (Å²) in [7, 11) is 0. The van der Waals surface area contributed by atoms with Gasteiger partial charge < -0.3 is 5.32 Å². The zero-order valence-corrected chi connectivity index (χ0v) is 14.8. The molecule has 1 N–H and O–H groups in total. The number of halogens is 2. The highest BCUT2D eigenvalue weighted by Crippen LogP contribution is 2.41. The smallest absolute Gasteiger partial charge is 0.0758 e. The molecule has 1 aromatic rings. The molecule has 1 heterocycles. The Bertz CT molecular complexity index is 370. The highest BCUT2D eigenvalue weighted by atomic mass is 79.9. The van der Waals surface area contributed by atoms with Crippen molar-refractivity contribution in [3.8, 4) is 0 Å². The van der Waals surface area contributed by atoms with Crippen molar-refractivity contribution < 1.29 is 0 Å². The number of nitrogens with one attached hydrogen (secondary N) is 1. The van der Waals surface area contributed by atoms with E-state index >= 15 is 0 Å². The molecular formula is C14H21Br2NS. The molecule has 0 saturated heterocycles. The summed E-state index contributed by atoms with van der Waals surface area (Å²) in [6.07, 6.45) is 8.38. The normalized spacial score (nSPS) is 19.7. The second-order valence-electron chi connectivity index (χ2n) is 5.07. The van der Waals surface area contributed by atoms with Crippen molar-refractivity contribution in [1.82, 2.24) is 5.32 Å². The van der Waals surface area contributed by atoms with Crippen LogP contribution in [0.5, 0.6) is 0 Å². The minimum atomic E-state index is 0.519. The van der Waals surface area contributed by atoms with E-state index in [-0.39, 0.29) is 0 Å². The van der Waals surface area contributed by atoms with E-state index in [1.807, 2.05) is 0 Å². The molecule has 2 rings (SSSR count). The number of hydrogen-bond donors (Lipinski definition) is 1. The van der Waals surface area contributed by atoms with Gasteiger partial charge in [-0.15, -0.1) is 11.3 Å². The van der Waals surface area contributed by atoms with Gasteiger partial charge in [-0.05, 0) is 68.8 Å². The van der Waals surface area contributed by atoms with Gasteiger partial charge in [0.25, 0.3) is 0 Å². The van der Waals surface area contributed by atoms with Crippen LogP contribution in [0.4, 0.5) is 0 Å². The number of hydrogen-bond acceptors (Lipinski definition) is 2. The predicted octanol–water partition coefficient (Wildman–Crippen LogP) is 5.89. The van der Waals surface area contributed by atoms with Gasteiger partial charge in [0, 0.05) is 6.04 Å². The van der Waals surface area contributed by atoms with Crippen molar-refractivity contribution in [2.45, 2.75) is 51.5 Å². The van der Waals surface area contributed by atoms with Crippen LogP contribution in [0.2, 0.25) is 0 Å². The predicted molar refractivity (Wildman–Crippen MR) is 87.3 cm³/mol. The van der Waals surface area contributed by atoms with E-state index in [0.717, 1.165) is 12.5 Å². The molecule has 0 aromatic carbocycles. The summed E-state index contributed by atoms with van der Waals surface area (Å²) in [4.78, 5) is 0. The maximum atomic E-state index is 3.72. The molecule has 102 valence electrons. The van der Waals surface area contributed by atoms with Crippen LogP contribution >= 0.6 is 43.2 Å². The first-order valence-corrected chi connectivity index (χ1v) is 9.30. The fraction of sp³-hybridized carbons (Fsp3) is 0.714. The van der Waals surface area contributed by atoms with Crippen molar-refractivity contribution in [2.75, 3.05) is 6.54 Å². The minimum absolute atomic E-state index is 0.519. The van der Waals surface area contributed by atoms with Crippen molar-refractivity contribution in [1.29, 1.82) is 0 Å². The topological polar surface area (TPSA) is 12.0 Å². The van der Waals surface area contributed by atoms with Crippen LogP contribution < -0.4 is 5.32 Å². The maximum absolute atomic E-state index is 3.72. The third-order valence-corrected chi connectivity index (χ3v) is 6.20. The third-order valence-electron chi connectivity index (χ3n) is 3.81. The van der Waals surface area contributed by atoms with Gasteiger partial charge in [-0.2, -0.15) is 0 Å². The average molecular weight is 395 g/mol. The quantitative estimate of drug-likeness (QED) is 0.627. The van der Waals surface area contributed by atoms with Gasteiger partial charge in [-0.1, -0.05) is 32.6 Å². The van der Waals surface area contributed by atoms with E-state index in [1.165, 1.54) is 51.7 Å². The Kier molecular flexibility index (Phi) is 6.19. The van der Waals surface area contributed by atoms with Crippen LogP contribution in [0.1, 0.15) is 57.1 Å². The maximum Gasteiger partial charge on any atom is 0.0758 e. The zero-order chi connectivity index (χ0) is 13.0. The van der Waals surface area contributed by atoms with Gasteiger partial charge in [-0.3, -0.25) is 0 Å². The summed E-state index contributed by atoms with van der Waals surface area (Å²) in [6, 6.07) is 2.80. The molecule has 1 nitrogen and oxygen atoms in total. The molecule has 1 aromatic heterocycles. The Balaban J connectivity index is 2.18. The van der Waals surface area contributed by atoms with Crippen molar-refractivity contribution in [3.63, 3.8) is 0 Å². The Labute approximate surface area is 131 Å². The summed E-state index contributed by atoms with van der Waals surface area (Å²) < 4.78 is 2.51. The largest absolute Gasteiger partial charge is 0.310 e. The van der Waals surface area contributed by atoms with Gasteiger partial charge in [0.1, 0.15) is 0 Å². The van der Waals surface area contributed by atoms with Crippen LogP contribution in [-0.4, -0.2) is 6.54 Å². The van der Waals surface area contributed by atoms with Gasteiger partial charge in [-0.25, -0.2) is 0 Å². The second-order valence-corrected chi connectivity index (χ2v) is 8.82. The SMILES string of the molecule is CCNC(c1cc(Br)sc1Br)C1CCCCCC1. The molecule has 18 heavy (non-hydrogen) atoms. The molecule has 1 atom stereocenters. The lowest BCUT2D eigenvalue weighted by Crippen LogP contribution is -2.28. The Morgan fingerprint density at radius 3 is 2.44 bits per heavy atom. The molecule has 4 heteroatoms. The molecule has 0 bridgehead atoms. The summed E-state index contributed by atoms with van der Waals surface area (Å²) in [5, 5.41) is 3.71. The van der Waals surface area contributed by atoms with Crippen LogP contribution in [0.25, 0.3) is 0 Å². The second kappa shape index (κ2) is 7.41. The third kappa shape index (κ3) is 3.81. The van der Waals surface area contributed by atoms with Crippen LogP contribution in [-0.2, 0) is 0 Å². The molecule has 1 aliphatic rings. The standard InChI is InChI=1S/C14H21Br2NS/c1-2-17-13(10-7-5-3-4-6-8-10)11-9-12(15)18-14(11)16/h9-10,13,17H,2-8H2,1H3. The van der Waals surface area contributed by atoms with E-state index < -0.39 is 0 Å². The Hall–Kier alpha value is 0.620. The number of rotatable bonds is 4. The average Bonchev–Trinajstić information content (AvgIpc) is 2.58. The summed E-state index contributed by atoms with van der Waals surface area (Å²) in [5.74, 6) is 0.797. The van der Waals surface area contributed by atoms with Crippen molar-refractivity contribution in [3.05, 3.63) is 19.2 Å². The van der Waals surface area contributed by atoms with Crippen LogP contribution in [0.15, 0.2) is 13.6 Å². The molecule has 1 unspecified atom stereocenters. The molecule has 0 spiro atoms. The molecule has 1 saturated carbocycles. The van der Waals surface area contributed by atoms with E-state index in [1.54, 1.807) is 11.3 Å². The van der Waals surface area contributed by atoms with Gasteiger partial charge in [0.15, 0.2) is 0 Å². The summed E-state index contributed by atoms with van der Waals surface area (Å²) >= 11 is 9.11. The first kappa shape index (κ1) is 15.0. The highest BCUT2D eigenvalue weighted by molar-refractivity contribution is 9.12. The lowest BCUT2D eigenvalue weighted by atomic mass is 9.88. The van der Waals surface area contributed by atoms with E-state index in [2.05, 4.69) is 50.2 Å². The molecule has 0 radical (unpaired) electrons. The fourth-order valence-corrected chi connectivity index (χ4v) is 5.89. The minimum Gasteiger partial charge on any atom is -0.310 e. The van der Waals surface area contributed by atoms with Gasteiger partial charge >= 0.3 is 0 Å². The van der Waals surface area contributed by atoms with E-state index in [0.29, 0.717) is 6.04 Å². The monoisotopic (exact) mass is 393 g/mol. The molecule has 1 fully saturated rings. The van der Waals surface area contributed by atoms with Crippen molar-refractivity contribution >= 4 is 43.2 Å². The van der Waals surface area contributed by atoms with Gasteiger partial charge in [0.2, 0.25) is 0 Å². The molecule has 0 aliphatic heterocycles. The Morgan fingerprint density at radius 1 is 1.28 bits per heavy atom. The fourth-order valence-electron chi connectivity index (χ4n) is 2.96. The first-order valence-electron chi connectivity index (χ1n) is 6.90. The number of thiophene rings is 1. The summed E-state index contributed by atoms with van der Waals surface area (Å²) in [5.41, 5.74) is 1.45. The Morgan fingerprint density at radius 2 is 1.94 bits per heavy atom. The molecule has 1 aliphatic carbocycles. The lowest BCUT2D eigenvalue weighted by molar-refractivity contribution is 0.330. The van der Waals surface area contributed by atoms with Crippen LogP contribution in [0, 0.1) is 5.92 Å². The first-order chi connectivity index (χ1) is 8.72. The van der Waals surface area contributed by atoms with Gasteiger partial charge in [0.05, 0.1) is 7.57 Å². The zero-order valence-electron chi connectivity index (χ0n) is 10.8. The van der Waals surface area contributed by atoms with E-state index in [4.69, 9.17) is 0 Å². The van der Waals surface area contributed by atoms with Crippen LogP contribution in [0.3, 0.4) is 0 Å². The highest BCUT2D eigenvalue weighted by Gasteiger charge is 2.26. The van der Waals surface area contributed by atoms with E-state index in [9.17, 15) is 0 Å². The molecule has 0 amide bonds.